The predicted molar refractivity (Wildman–Crippen MR) is 70.5 cm³/mol. The third-order valence-corrected chi connectivity index (χ3v) is 2.41. The summed E-state index contributed by atoms with van der Waals surface area (Å²) >= 11 is 3.33. The highest BCUT2D eigenvalue weighted by molar-refractivity contribution is 9.10. The molecule has 0 aliphatic carbocycles. The molecule has 1 aromatic carbocycles. The predicted octanol–water partition coefficient (Wildman–Crippen LogP) is 2.91. The molecular weight excluding hydrogens is 300 g/mol. The van der Waals surface area contributed by atoms with Gasteiger partial charge in [-0.1, -0.05) is 34.1 Å². The molecule has 1 rings (SSSR count). The normalized spacial score (nSPS) is 10.7. The van der Waals surface area contributed by atoms with Crippen LogP contribution in [-0.2, 0) is 19.1 Å². The van der Waals surface area contributed by atoms with E-state index in [1.54, 1.807) is 6.08 Å². The van der Waals surface area contributed by atoms with Crippen LogP contribution >= 0.6 is 15.9 Å². The first-order valence-corrected chi connectivity index (χ1v) is 6.05. The molecule has 0 saturated heterocycles. The third-order valence-electron chi connectivity index (χ3n) is 1.88. The van der Waals surface area contributed by atoms with E-state index in [0.717, 1.165) is 10.0 Å². The summed E-state index contributed by atoms with van der Waals surface area (Å²) in [6, 6.07) is 7.51. The lowest BCUT2D eigenvalue weighted by atomic mass is 10.2. The van der Waals surface area contributed by atoms with Crippen LogP contribution in [0.5, 0.6) is 0 Å². The summed E-state index contributed by atoms with van der Waals surface area (Å²) in [5.74, 6) is -1.02. The van der Waals surface area contributed by atoms with Crippen LogP contribution in [-0.4, -0.2) is 18.2 Å². The lowest BCUT2D eigenvalue weighted by Crippen LogP contribution is -2.19. The smallest absolute Gasteiger partial charge is 0.305 e. The number of hydrogen-bond acceptors (Lipinski definition) is 4. The van der Waals surface area contributed by atoms with Crippen molar-refractivity contribution in [3.63, 3.8) is 0 Å². The first kappa shape index (κ1) is 14.4. The van der Waals surface area contributed by atoms with Crippen molar-refractivity contribution in [2.45, 2.75) is 20.1 Å². The molecule has 0 aliphatic rings. The molecule has 0 saturated carbocycles. The minimum Gasteiger partial charge on any atom is -0.421 e. The van der Waals surface area contributed by atoms with Gasteiger partial charge in [-0.05, 0) is 23.8 Å². The van der Waals surface area contributed by atoms with Crippen molar-refractivity contribution in [2.24, 2.45) is 0 Å². The average Bonchev–Trinajstić information content (AvgIpc) is 2.26. The van der Waals surface area contributed by atoms with E-state index in [2.05, 4.69) is 15.9 Å². The summed E-state index contributed by atoms with van der Waals surface area (Å²) in [6.07, 6.45) is 2.22. The molecule has 0 atom stereocenters. The van der Waals surface area contributed by atoms with Crippen LogP contribution < -0.4 is 0 Å². The Morgan fingerprint density at radius 2 is 1.61 bits per heavy atom. The Hall–Kier alpha value is -1.62. The van der Waals surface area contributed by atoms with Crippen LogP contribution in [0.2, 0.25) is 0 Å². The van der Waals surface area contributed by atoms with E-state index in [1.807, 2.05) is 24.3 Å². The molecule has 0 aliphatic heterocycles. The number of carbonyl (C=O) groups excluding carboxylic acids is 2. The summed E-state index contributed by atoms with van der Waals surface area (Å²) in [7, 11) is 0. The van der Waals surface area contributed by atoms with Gasteiger partial charge in [-0.2, -0.15) is 0 Å². The molecule has 18 heavy (non-hydrogen) atoms. The summed E-state index contributed by atoms with van der Waals surface area (Å²) in [5.41, 5.74) is 0.905. The van der Waals surface area contributed by atoms with Gasteiger partial charge in [0.25, 0.3) is 6.29 Å². The Kier molecular flexibility index (Phi) is 5.58. The fraction of sp³-hybridized carbons (Fsp3) is 0.231. The number of halogens is 1. The summed E-state index contributed by atoms with van der Waals surface area (Å²) in [4.78, 5) is 21.7. The molecule has 0 spiro atoms. The maximum absolute atomic E-state index is 10.8. The van der Waals surface area contributed by atoms with E-state index in [9.17, 15) is 9.59 Å². The van der Waals surface area contributed by atoms with Crippen LogP contribution in [0.4, 0.5) is 0 Å². The van der Waals surface area contributed by atoms with Crippen molar-refractivity contribution in [2.75, 3.05) is 0 Å². The number of benzene rings is 1. The van der Waals surface area contributed by atoms with Crippen molar-refractivity contribution in [3.05, 3.63) is 40.4 Å². The molecule has 1 aromatic rings. The number of ether oxygens (including phenoxy) is 2. The first-order chi connectivity index (χ1) is 8.47. The highest BCUT2D eigenvalue weighted by Crippen LogP contribution is 2.12. The van der Waals surface area contributed by atoms with Crippen LogP contribution in [0.3, 0.4) is 0 Å². The van der Waals surface area contributed by atoms with E-state index in [-0.39, 0.29) is 0 Å². The lowest BCUT2D eigenvalue weighted by molar-refractivity contribution is -0.176. The van der Waals surface area contributed by atoms with Gasteiger partial charge >= 0.3 is 11.9 Å². The van der Waals surface area contributed by atoms with Crippen molar-refractivity contribution >= 4 is 33.9 Å². The molecule has 0 bridgehead atoms. The van der Waals surface area contributed by atoms with E-state index < -0.39 is 18.2 Å². The first-order valence-electron chi connectivity index (χ1n) is 5.25. The molecule has 0 heterocycles. The van der Waals surface area contributed by atoms with Gasteiger partial charge < -0.3 is 9.47 Å². The standard InChI is InChI=1S/C13H13BrO4/c1-9(15)17-13(18-10(2)16)8-5-11-3-6-12(14)7-4-11/h3-8,13H,1-2H3. The number of esters is 2. The third kappa shape index (κ3) is 5.63. The quantitative estimate of drug-likeness (QED) is 0.633. The van der Waals surface area contributed by atoms with Crippen LogP contribution in [0.25, 0.3) is 6.08 Å². The largest absolute Gasteiger partial charge is 0.421 e. The van der Waals surface area contributed by atoms with Crippen molar-refractivity contribution in [3.8, 4) is 0 Å². The molecule has 0 aromatic heterocycles. The average molecular weight is 313 g/mol. The zero-order chi connectivity index (χ0) is 13.5. The van der Waals surface area contributed by atoms with Gasteiger partial charge in [-0.15, -0.1) is 0 Å². The van der Waals surface area contributed by atoms with Crippen molar-refractivity contribution in [1.29, 1.82) is 0 Å². The minimum atomic E-state index is -0.997. The van der Waals surface area contributed by atoms with Gasteiger partial charge in [0.05, 0.1) is 0 Å². The summed E-state index contributed by atoms with van der Waals surface area (Å²) < 4.78 is 10.6. The number of rotatable bonds is 4. The van der Waals surface area contributed by atoms with Crippen LogP contribution in [0, 0.1) is 0 Å². The SMILES string of the molecule is CC(=O)OC(C=Cc1ccc(Br)cc1)OC(C)=O. The number of hydrogen-bond donors (Lipinski definition) is 0. The number of carbonyl (C=O) groups is 2. The Morgan fingerprint density at radius 1 is 1.11 bits per heavy atom. The molecular formula is C13H13BrO4. The molecule has 0 radical (unpaired) electrons. The van der Waals surface area contributed by atoms with E-state index in [1.165, 1.54) is 19.9 Å². The molecule has 0 N–H and O–H groups in total. The van der Waals surface area contributed by atoms with Crippen molar-refractivity contribution < 1.29 is 19.1 Å². The Morgan fingerprint density at radius 3 is 2.06 bits per heavy atom. The van der Waals surface area contributed by atoms with E-state index >= 15 is 0 Å². The van der Waals surface area contributed by atoms with Gasteiger partial charge in [-0.25, -0.2) is 0 Å². The van der Waals surface area contributed by atoms with Crippen LogP contribution in [0.1, 0.15) is 19.4 Å². The molecule has 0 unspecified atom stereocenters. The molecule has 5 heteroatoms. The zero-order valence-electron chi connectivity index (χ0n) is 10.1. The highest BCUT2D eigenvalue weighted by Gasteiger charge is 2.10. The lowest BCUT2D eigenvalue weighted by Gasteiger charge is -2.12. The molecule has 0 fully saturated rings. The highest BCUT2D eigenvalue weighted by atomic mass is 79.9. The Balaban J connectivity index is 2.72. The zero-order valence-corrected chi connectivity index (χ0v) is 11.6. The second kappa shape index (κ2) is 6.96. The van der Waals surface area contributed by atoms with E-state index in [0.29, 0.717) is 0 Å². The summed E-state index contributed by atoms with van der Waals surface area (Å²) in [5, 5.41) is 0. The van der Waals surface area contributed by atoms with Gasteiger partial charge in [0, 0.05) is 18.3 Å². The van der Waals surface area contributed by atoms with Gasteiger partial charge in [0.2, 0.25) is 0 Å². The minimum absolute atomic E-state index is 0.512. The second-order valence-electron chi connectivity index (χ2n) is 3.50. The Bertz CT molecular complexity index is 435. The van der Waals surface area contributed by atoms with Crippen molar-refractivity contribution in [1.82, 2.24) is 0 Å². The molecule has 4 nitrogen and oxygen atoms in total. The second-order valence-corrected chi connectivity index (χ2v) is 4.41. The molecule has 96 valence electrons. The topological polar surface area (TPSA) is 52.6 Å². The fourth-order valence-electron chi connectivity index (χ4n) is 1.19. The Labute approximate surface area is 114 Å². The van der Waals surface area contributed by atoms with E-state index in [4.69, 9.17) is 9.47 Å². The summed E-state index contributed by atoms with van der Waals surface area (Å²) in [6.45, 7) is 2.51. The van der Waals surface area contributed by atoms with Gasteiger partial charge in [0.1, 0.15) is 0 Å². The maximum atomic E-state index is 10.8. The monoisotopic (exact) mass is 312 g/mol. The van der Waals surface area contributed by atoms with Gasteiger partial charge in [0.15, 0.2) is 0 Å². The molecule has 0 amide bonds. The maximum Gasteiger partial charge on any atom is 0.305 e. The van der Waals surface area contributed by atoms with Crippen LogP contribution in [0.15, 0.2) is 34.8 Å². The fourth-order valence-corrected chi connectivity index (χ4v) is 1.46. The van der Waals surface area contributed by atoms with Gasteiger partial charge in [-0.3, -0.25) is 9.59 Å².